The SMILES string of the molecule is CCCCCOc1ccc(CNc2ccc(OC(C)C)cc2)cc1. The van der Waals surface area contributed by atoms with Crippen LogP contribution in [-0.2, 0) is 6.54 Å². The van der Waals surface area contributed by atoms with Gasteiger partial charge < -0.3 is 14.8 Å². The largest absolute Gasteiger partial charge is 0.494 e. The molecule has 0 radical (unpaired) electrons. The Kier molecular flexibility index (Phi) is 7.47. The summed E-state index contributed by atoms with van der Waals surface area (Å²) >= 11 is 0. The zero-order valence-electron chi connectivity index (χ0n) is 15.0. The van der Waals surface area contributed by atoms with E-state index in [0.29, 0.717) is 0 Å². The summed E-state index contributed by atoms with van der Waals surface area (Å²) in [6.45, 7) is 7.86. The van der Waals surface area contributed by atoms with Gasteiger partial charge in [0.15, 0.2) is 0 Å². The molecule has 2 aromatic carbocycles. The third kappa shape index (κ3) is 6.53. The maximum atomic E-state index is 5.74. The molecule has 0 aliphatic heterocycles. The van der Waals surface area contributed by atoms with Crippen LogP contribution in [0.1, 0.15) is 45.6 Å². The number of anilines is 1. The summed E-state index contributed by atoms with van der Waals surface area (Å²) in [7, 11) is 0. The van der Waals surface area contributed by atoms with E-state index in [0.717, 1.165) is 36.8 Å². The summed E-state index contributed by atoms with van der Waals surface area (Å²) in [6, 6.07) is 16.4. The van der Waals surface area contributed by atoms with Crippen molar-refractivity contribution >= 4 is 5.69 Å². The molecule has 0 saturated heterocycles. The van der Waals surface area contributed by atoms with Crippen LogP contribution in [0.4, 0.5) is 5.69 Å². The lowest BCUT2D eigenvalue weighted by molar-refractivity contribution is 0.242. The zero-order valence-corrected chi connectivity index (χ0v) is 15.0. The van der Waals surface area contributed by atoms with Crippen molar-refractivity contribution in [3.05, 3.63) is 54.1 Å². The number of unbranched alkanes of at least 4 members (excludes halogenated alkanes) is 2. The molecule has 0 atom stereocenters. The highest BCUT2D eigenvalue weighted by molar-refractivity contribution is 5.47. The van der Waals surface area contributed by atoms with Gasteiger partial charge in [-0.05, 0) is 62.2 Å². The Labute approximate surface area is 146 Å². The van der Waals surface area contributed by atoms with Crippen LogP contribution < -0.4 is 14.8 Å². The van der Waals surface area contributed by atoms with E-state index >= 15 is 0 Å². The van der Waals surface area contributed by atoms with Gasteiger partial charge in [-0.3, -0.25) is 0 Å². The number of nitrogens with one attached hydrogen (secondary N) is 1. The van der Waals surface area contributed by atoms with Crippen molar-refractivity contribution < 1.29 is 9.47 Å². The van der Waals surface area contributed by atoms with Gasteiger partial charge in [-0.1, -0.05) is 31.9 Å². The van der Waals surface area contributed by atoms with Crippen LogP contribution in [0.2, 0.25) is 0 Å². The highest BCUT2D eigenvalue weighted by Gasteiger charge is 1.99. The summed E-state index contributed by atoms with van der Waals surface area (Å²) in [5, 5.41) is 3.42. The van der Waals surface area contributed by atoms with Gasteiger partial charge >= 0.3 is 0 Å². The van der Waals surface area contributed by atoms with Crippen molar-refractivity contribution in [2.75, 3.05) is 11.9 Å². The predicted octanol–water partition coefficient (Wildman–Crippen LogP) is 5.65. The minimum atomic E-state index is 0.200. The molecule has 2 rings (SSSR count). The lowest BCUT2D eigenvalue weighted by Crippen LogP contribution is -2.05. The van der Waals surface area contributed by atoms with Crippen molar-refractivity contribution in [2.24, 2.45) is 0 Å². The van der Waals surface area contributed by atoms with E-state index < -0.39 is 0 Å². The highest BCUT2D eigenvalue weighted by atomic mass is 16.5. The molecule has 2 aromatic rings. The number of ether oxygens (including phenoxy) is 2. The number of rotatable bonds is 10. The molecular formula is C21H29NO2. The first-order chi connectivity index (χ1) is 11.7. The van der Waals surface area contributed by atoms with Crippen molar-refractivity contribution in [3.8, 4) is 11.5 Å². The Balaban J connectivity index is 1.77. The van der Waals surface area contributed by atoms with Crippen LogP contribution in [0.5, 0.6) is 11.5 Å². The van der Waals surface area contributed by atoms with E-state index in [4.69, 9.17) is 9.47 Å². The third-order valence-corrected chi connectivity index (χ3v) is 3.66. The van der Waals surface area contributed by atoms with E-state index in [-0.39, 0.29) is 6.10 Å². The average molecular weight is 327 g/mol. The molecule has 0 unspecified atom stereocenters. The second-order valence-electron chi connectivity index (χ2n) is 6.24. The fraction of sp³-hybridized carbons (Fsp3) is 0.429. The average Bonchev–Trinajstić information content (AvgIpc) is 2.59. The Morgan fingerprint density at radius 3 is 2.17 bits per heavy atom. The molecule has 0 aliphatic rings. The van der Waals surface area contributed by atoms with Gasteiger partial charge in [0, 0.05) is 12.2 Å². The monoisotopic (exact) mass is 327 g/mol. The van der Waals surface area contributed by atoms with E-state index in [9.17, 15) is 0 Å². The molecule has 1 N–H and O–H groups in total. The molecule has 0 spiro atoms. The smallest absolute Gasteiger partial charge is 0.119 e. The van der Waals surface area contributed by atoms with Crippen molar-refractivity contribution in [2.45, 2.75) is 52.7 Å². The fourth-order valence-electron chi connectivity index (χ4n) is 2.37. The summed E-state index contributed by atoms with van der Waals surface area (Å²) < 4.78 is 11.4. The highest BCUT2D eigenvalue weighted by Crippen LogP contribution is 2.18. The minimum Gasteiger partial charge on any atom is -0.494 e. The van der Waals surface area contributed by atoms with Gasteiger partial charge in [0.05, 0.1) is 12.7 Å². The molecule has 130 valence electrons. The predicted molar refractivity (Wildman–Crippen MR) is 101 cm³/mol. The van der Waals surface area contributed by atoms with Gasteiger partial charge in [0.25, 0.3) is 0 Å². The van der Waals surface area contributed by atoms with Gasteiger partial charge in [0.1, 0.15) is 11.5 Å². The lowest BCUT2D eigenvalue weighted by atomic mass is 10.2. The van der Waals surface area contributed by atoms with Crippen molar-refractivity contribution in [1.82, 2.24) is 0 Å². The van der Waals surface area contributed by atoms with Crippen LogP contribution >= 0.6 is 0 Å². The summed E-state index contributed by atoms with van der Waals surface area (Å²) in [5.41, 5.74) is 2.32. The fourth-order valence-corrected chi connectivity index (χ4v) is 2.37. The first kappa shape index (κ1) is 18.2. The van der Waals surface area contributed by atoms with Gasteiger partial charge in [-0.25, -0.2) is 0 Å². The second kappa shape index (κ2) is 9.86. The number of hydrogen-bond acceptors (Lipinski definition) is 3. The molecule has 0 fully saturated rings. The Morgan fingerprint density at radius 1 is 0.875 bits per heavy atom. The van der Waals surface area contributed by atoms with Crippen LogP contribution in [0.25, 0.3) is 0 Å². The van der Waals surface area contributed by atoms with Gasteiger partial charge in [-0.2, -0.15) is 0 Å². The maximum Gasteiger partial charge on any atom is 0.119 e. The van der Waals surface area contributed by atoms with Crippen LogP contribution in [0.15, 0.2) is 48.5 Å². The van der Waals surface area contributed by atoms with E-state index in [2.05, 4.69) is 24.4 Å². The Morgan fingerprint density at radius 2 is 1.54 bits per heavy atom. The molecule has 0 aromatic heterocycles. The summed E-state index contributed by atoms with van der Waals surface area (Å²) in [4.78, 5) is 0. The molecule has 0 bridgehead atoms. The molecule has 3 heteroatoms. The zero-order chi connectivity index (χ0) is 17.2. The standard InChI is InChI=1S/C21H29NO2/c1-4-5-6-15-23-20-11-7-18(8-12-20)16-22-19-9-13-21(14-10-19)24-17(2)3/h7-14,17,22H,4-6,15-16H2,1-3H3. The molecule has 3 nitrogen and oxygen atoms in total. The van der Waals surface area contributed by atoms with Crippen LogP contribution in [-0.4, -0.2) is 12.7 Å². The van der Waals surface area contributed by atoms with Crippen LogP contribution in [0.3, 0.4) is 0 Å². The topological polar surface area (TPSA) is 30.5 Å². The minimum absolute atomic E-state index is 0.200. The Hall–Kier alpha value is -2.16. The third-order valence-electron chi connectivity index (χ3n) is 3.66. The van der Waals surface area contributed by atoms with Crippen molar-refractivity contribution in [1.29, 1.82) is 0 Å². The summed E-state index contributed by atoms with van der Waals surface area (Å²) in [6.07, 6.45) is 3.77. The van der Waals surface area contributed by atoms with E-state index in [1.54, 1.807) is 0 Å². The first-order valence-corrected chi connectivity index (χ1v) is 8.89. The van der Waals surface area contributed by atoms with Gasteiger partial charge in [0.2, 0.25) is 0 Å². The normalized spacial score (nSPS) is 10.7. The molecule has 24 heavy (non-hydrogen) atoms. The van der Waals surface area contributed by atoms with Gasteiger partial charge in [-0.15, -0.1) is 0 Å². The maximum absolute atomic E-state index is 5.74. The molecule has 0 aliphatic carbocycles. The second-order valence-corrected chi connectivity index (χ2v) is 6.24. The molecule has 0 heterocycles. The lowest BCUT2D eigenvalue weighted by Gasteiger charge is -2.11. The molecule has 0 amide bonds. The van der Waals surface area contributed by atoms with E-state index in [1.807, 2.05) is 50.2 Å². The quantitative estimate of drug-likeness (QED) is 0.572. The number of benzene rings is 2. The Bertz CT molecular complexity index is 576. The van der Waals surface area contributed by atoms with Crippen LogP contribution in [0, 0.1) is 0 Å². The molecule has 0 saturated carbocycles. The number of hydrogen-bond donors (Lipinski definition) is 1. The van der Waals surface area contributed by atoms with Crippen molar-refractivity contribution in [3.63, 3.8) is 0 Å². The van der Waals surface area contributed by atoms with E-state index in [1.165, 1.54) is 18.4 Å². The summed E-state index contributed by atoms with van der Waals surface area (Å²) in [5.74, 6) is 1.85. The molecular weight excluding hydrogens is 298 g/mol. The first-order valence-electron chi connectivity index (χ1n) is 8.89.